The minimum atomic E-state index is -3.60. The highest BCUT2D eigenvalue weighted by molar-refractivity contribution is 7.91. The third-order valence-electron chi connectivity index (χ3n) is 3.06. The summed E-state index contributed by atoms with van der Waals surface area (Å²) in [6.45, 7) is 1.90. The van der Waals surface area contributed by atoms with E-state index in [1.54, 1.807) is 12.1 Å². The van der Waals surface area contributed by atoms with Crippen LogP contribution in [0, 0.1) is 12.7 Å². The lowest BCUT2D eigenvalue weighted by molar-refractivity contribution is -0.113. The van der Waals surface area contributed by atoms with Gasteiger partial charge in [-0.05, 0) is 30.7 Å². The molecule has 0 aliphatic heterocycles. The topological polar surface area (TPSA) is 63.2 Å². The van der Waals surface area contributed by atoms with Crippen LogP contribution in [0.2, 0.25) is 5.02 Å². The summed E-state index contributed by atoms with van der Waals surface area (Å²) < 4.78 is 37.2. The van der Waals surface area contributed by atoms with Gasteiger partial charge in [0.1, 0.15) is 11.6 Å². The molecular formula is C16H15ClFNO3S. The van der Waals surface area contributed by atoms with Crippen molar-refractivity contribution in [2.45, 2.75) is 12.7 Å². The van der Waals surface area contributed by atoms with Gasteiger partial charge >= 0.3 is 0 Å². The van der Waals surface area contributed by atoms with E-state index in [1.165, 1.54) is 12.1 Å². The summed E-state index contributed by atoms with van der Waals surface area (Å²) >= 11 is 5.61. The summed E-state index contributed by atoms with van der Waals surface area (Å²) in [6.07, 6.45) is 0. The molecule has 0 saturated carbocycles. The molecule has 0 aliphatic carbocycles. The summed E-state index contributed by atoms with van der Waals surface area (Å²) in [5, 5.41) is 2.24. The lowest BCUT2D eigenvalue weighted by Gasteiger charge is -2.07. The lowest BCUT2D eigenvalue weighted by atomic mass is 10.2. The Kier molecular flexibility index (Phi) is 5.38. The molecule has 7 heteroatoms. The van der Waals surface area contributed by atoms with Crippen LogP contribution in [0.25, 0.3) is 0 Å². The molecule has 23 heavy (non-hydrogen) atoms. The van der Waals surface area contributed by atoms with E-state index in [-0.39, 0.29) is 16.5 Å². The van der Waals surface area contributed by atoms with Crippen LogP contribution < -0.4 is 5.32 Å². The molecule has 0 atom stereocenters. The maximum absolute atomic E-state index is 13.0. The molecular weight excluding hydrogens is 341 g/mol. The minimum Gasteiger partial charge on any atom is -0.325 e. The number of aryl methyl sites for hydroxylation is 1. The molecule has 1 N–H and O–H groups in total. The number of carbonyl (C=O) groups is 1. The zero-order valence-electron chi connectivity index (χ0n) is 12.3. The summed E-state index contributed by atoms with van der Waals surface area (Å²) in [5.74, 6) is -2.18. The van der Waals surface area contributed by atoms with Gasteiger partial charge in [-0.25, -0.2) is 12.8 Å². The maximum atomic E-state index is 13.0. The monoisotopic (exact) mass is 355 g/mol. The minimum absolute atomic E-state index is 0.148. The fourth-order valence-corrected chi connectivity index (χ4v) is 3.41. The molecule has 2 aromatic rings. The van der Waals surface area contributed by atoms with Gasteiger partial charge in [0.25, 0.3) is 0 Å². The summed E-state index contributed by atoms with van der Waals surface area (Å²) in [4.78, 5) is 11.8. The molecule has 2 rings (SSSR count). The number of benzene rings is 2. The van der Waals surface area contributed by atoms with Crippen molar-refractivity contribution in [2.24, 2.45) is 0 Å². The van der Waals surface area contributed by atoms with E-state index >= 15 is 0 Å². The van der Waals surface area contributed by atoms with Crippen LogP contribution in [0.15, 0.2) is 42.5 Å². The van der Waals surface area contributed by atoms with Gasteiger partial charge in [0.15, 0.2) is 9.84 Å². The maximum Gasteiger partial charge on any atom is 0.239 e. The van der Waals surface area contributed by atoms with Crippen LogP contribution in [0.5, 0.6) is 0 Å². The Bertz CT molecular complexity index is 820. The number of hydrogen-bond acceptors (Lipinski definition) is 3. The van der Waals surface area contributed by atoms with E-state index in [4.69, 9.17) is 11.6 Å². The van der Waals surface area contributed by atoms with Crippen molar-refractivity contribution >= 4 is 33.0 Å². The standard InChI is InChI=1S/C16H15ClFNO3S/c1-11-2-4-12(5-3-11)9-23(21,22)10-16(20)19-13-6-7-15(18)14(17)8-13/h2-8H,9-10H2,1H3,(H,19,20). The van der Waals surface area contributed by atoms with E-state index in [0.717, 1.165) is 11.6 Å². The largest absolute Gasteiger partial charge is 0.325 e. The number of anilines is 1. The van der Waals surface area contributed by atoms with Crippen molar-refractivity contribution in [2.75, 3.05) is 11.1 Å². The van der Waals surface area contributed by atoms with Gasteiger partial charge in [0, 0.05) is 5.69 Å². The Balaban J connectivity index is 2.00. The molecule has 2 aromatic carbocycles. The summed E-state index contributed by atoms with van der Waals surface area (Å²) in [7, 11) is -3.60. The number of halogens is 2. The molecule has 4 nitrogen and oxygen atoms in total. The SMILES string of the molecule is Cc1ccc(CS(=O)(=O)CC(=O)Nc2ccc(F)c(Cl)c2)cc1. The van der Waals surface area contributed by atoms with Crippen LogP contribution >= 0.6 is 11.6 Å². The molecule has 0 radical (unpaired) electrons. The number of sulfone groups is 1. The normalized spacial score (nSPS) is 11.3. The lowest BCUT2D eigenvalue weighted by Crippen LogP contribution is -2.24. The molecule has 0 saturated heterocycles. The Labute approximate surface area is 139 Å². The molecule has 122 valence electrons. The van der Waals surface area contributed by atoms with Gasteiger partial charge < -0.3 is 5.32 Å². The smallest absolute Gasteiger partial charge is 0.239 e. The molecule has 0 fully saturated rings. The summed E-state index contributed by atoms with van der Waals surface area (Å²) in [6, 6.07) is 10.7. The predicted molar refractivity (Wildman–Crippen MR) is 88.7 cm³/mol. The molecule has 0 aliphatic rings. The van der Waals surface area contributed by atoms with Crippen molar-refractivity contribution in [1.82, 2.24) is 0 Å². The molecule has 0 heterocycles. The highest BCUT2D eigenvalue weighted by Gasteiger charge is 2.18. The Morgan fingerprint density at radius 1 is 1.17 bits per heavy atom. The first-order chi connectivity index (χ1) is 10.7. The zero-order chi connectivity index (χ0) is 17.0. The number of amides is 1. The molecule has 0 unspecified atom stereocenters. The predicted octanol–water partition coefficient (Wildman–Crippen LogP) is 3.34. The molecule has 0 spiro atoms. The first-order valence-electron chi connectivity index (χ1n) is 6.76. The van der Waals surface area contributed by atoms with E-state index in [0.29, 0.717) is 5.56 Å². The number of nitrogens with one attached hydrogen (secondary N) is 1. The van der Waals surface area contributed by atoms with Crippen LogP contribution in [0.3, 0.4) is 0 Å². The number of hydrogen-bond donors (Lipinski definition) is 1. The van der Waals surface area contributed by atoms with E-state index in [2.05, 4.69) is 5.32 Å². The number of rotatable bonds is 5. The van der Waals surface area contributed by atoms with E-state index in [1.807, 2.05) is 19.1 Å². The van der Waals surface area contributed by atoms with Gasteiger partial charge in [-0.2, -0.15) is 0 Å². The molecule has 0 bridgehead atoms. The van der Waals surface area contributed by atoms with Gasteiger partial charge in [-0.1, -0.05) is 41.4 Å². The third-order valence-corrected chi connectivity index (χ3v) is 4.83. The quantitative estimate of drug-likeness (QED) is 0.894. The van der Waals surface area contributed by atoms with Crippen molar-refractivity contribution in [3.63, 3.8) is 0 Å². The van der Waals surface area contributed by atoms with E-state index < -0.39 is 27.3 Å². The zero-order valence-corrected chi connectivity index (χ0v) is 13.9. The second-order valence-corrected chi connectivity index (χ2v) is 7.67. The molecule has 0 aromatic heterocycles. The van der Waals surface area contributed by atoms with Crippen LogP contribution in [-0.4, -0.2) is 20.1 Å². The van der Waals surface area contributed by atoms with Crippen molar-refractivity contribution in [3.05, 3.63) is 64.4 Å². The fourth-order valence-electron chi connectivity index (χ4n) is 1.96. The third kappa shape index (κ3) is 5.33. The second kappa shape index (κ2) is 7.10. The highest BCUT2D eigenvalue weighted by Crippen LogP contribution is 2.19. The van der Waals surface area contributed by atoms with Crippen molar-refractivity contribution in [3.8, 4) is 0 Å². The van der Waals surface area contributed by atoms with Gasteiger partial charge in [0.05, 0.1) is 10.8 Å². The van der Waals surface area contributed by atoms with Crippen LogP contribution in [0.1, 0.15) is 11.1 Å². The first kappa shape index (κ1) is 17.4. The number of carbonyl (C=O) groups excluding carboxylic acids is 1. The van der Waals surface area contributed by atoms with Crippen LogP contribution in [0.4, 0.5) is 10.1 Å². The second-order valence-electron chi connectivity index (χ2n) is 5.19. The van der Waals surface area contributed by atoms with Crippen molar-refractivity contribution in [1.29, 1.82) is 0 Å². The Morgan fingerprint density at radius 2 is 1.83 bits per heavy atom. The average molecular weight is 356 g/mol. The summed E-state index contributed by atoms with van der Waals surface area (Å²) in [5.41, 5.74) is 1.89. The van der Waals surface area contributed by atoms with Gasteiger partial charge in [-0.15, -0.1) is 0 Å². The van der Waals surface area contributed by atoms with Gasteiger partial charge in [0.2, 0.25) is 5.91 Å². The average Bonchev–Trinajstić information content (AvgIpc) is 2.44. The fraction of sp³-hybridized carbons (Fsp3) is 0.188. The molecule has 1 amide bonds. The van der Waals surface area contributed by atoms with Crippen LogP contribution in [-0.2, 0) is 20.4 Å². The van der Waals surface area contributed by atoms with Crippen molar-refractivity contribution < 1.29 is 17.6 Å². The Hall–Kier alpha value is -1.92. The highest BCUT2D eigenvalue weighted by atomic mass is 35.5. The first-order valence-corrected chi connectivity index (χ1v) is 8.96. The van der Waals surface area contributed by atoms with E-state index in [9.17, 15) is 17.6 Å². The van der Waals surface area contributed by atoms with Gasteiger partial charge in [-0.3, -0.25) is 4.79 Å². The Morgan fingerprint density at radius 3 is 2.43 bits per heavy atom.